The lowest BCUT2D eigenvalue weighted by Crippen LogP contribution is -2.05. The van der Waals surface area contributed by atoms with Gasteiger partial charge in [-0.1, -0.05) is 6.92 Å². The first-order valence-electron chi connectivity index (χ1n) is 4.55. The zero-order valence-corrected chi connectivity index (χ0v) is 8.52. The van der Waals surface area contributed by atoms with Crippen LogP contribution in [0.2, 0.25) is 0 Å². The van der Waals surface area contributed by atoms with Gasteiger partial charge in [0, 0.05) is 5.56 Å². The summed E-state index contributed by atoms with van der Waals surface area (Å²) in [5.41, 5.74) is 5.18. The molecule has 0 aliphatic heterocycles. The first-order valence-corrected chi connectivity index (χ1v) is 4.55. The number of nitrogens with two attached hydrogens (primary N) is 1. The van der Waals surface area contributed by atoms with E-state index in [0.717, 1.165) is 12.1 Å². The Morgan fingerprint density at radius 1 is 1.31 bits per heavy atom. The minimum absolute atomic E-state index is 0.130. The normalized spacial score (nSPS) is 11.9. The molecule has 1 rings (SSSR count). The highest BCUT2D eigenvalue weighted by Crippen LogP contribution is 2.22. The van der Waals surface area contributed by atoms with Crippen LogP contribution in [0.1, 0.15) is 18.9 Å². The number of halogens is 3. The van der Waals surface area contributed by atoms with Gasteiger partial charge in [-0.2, -0.15) is 5.26 Å². The quantitative estimate of drug-likeness (QED) is 0.622. The summed E-state index contributed by atoms with van der Waals surface area (Å²) < 4.78 is 38.9. The smallest absolute Gasteiger partial charge is 0.195 e. The molecule has 0 aromatic heterocycles. The fourth-order valence-electron chi connectivity index (χ4n) is 1.23. The molecule has 0 aliphatic rings. The van der Waals surface area contributed by atoms with Crippen molar-refractivity contribution in [2.75, 3.05) is 0 Å². The second-order valence-electron chi connectivity index (χ2n) is 3.08. The number of hydrogen-bond donors (Lipinski definition) is 1. The molecule has 2 N–H and O–H groups in total. The molecule has 0 fully saturated rings. The standard InChI is InChI=1S/C11H9F3N2/c1-2-6(5-15)11(16)7-3-4-8(12)10(14)9(7)13/h3-4H,2,16H2,1H3/b11-6-. The number of nitrogens with zero attached hydrogens (tertiary/aromatic N) is 1. The Balaban J connectivity index is 3.42. The SMILES string of the molecule is CC/C(C#N)=C(/N)c1ccc(F)c(F)c1F. The molecular weight excluding hydrogens is 217 g/mol. The Hall–Kier alpha value is -1.96. The Kier molecular flexibility index (Phi) is 3.56. The summed E-state index contributed by atoms with van der Waals surface area (Å²) in [4.78, 5) is 0. The van der Waals surface area contributed by atoms with E-state index in [1.807, 2.05) is 0 Å². The van der Waals surface area contributed by atoms with Crippen LogP contribution in [0.25, 0.3) is 5.70 Å². The molecule has 0 saturated heterocycles. The van der Waals surface area contributed by atoms with Crippen molar-refractivity contribution in [2.24, 2.45) is 5.73 Å². The fourth-order valence-corrected chi connectivity index (χ4v) is 1.23. The van der Waals surface area contributed by atoms with Crippen LogP contribution in [0.4, 0.5) is 13.2 Å². The highest BCUT2D eigenvalue weighted by atomic mass is 19.2. The van der Waals surface area contributed by atoms with Crippen LogP contribution in [-0.2, 0) is 0 Å². The molecule has 2 nitrogen and oxygen atoms in total. The van der Waals surface area contributed by atoms with Gasteiger partial charge < -0.3 is 5.73 Å². The van der Waals surface area contributed by atoms with Gasteiger partial charge >= 0.3 is 0 Å². The number of allylic oxidation sites excluding steroid dienone is 1. The Bertz CT molecular complexity index is 487. The summed E-state index contributed by atoms with van der Waals surface area (Å²) in [7, 11) is 0. The summed E-state index contributed by atoms with van der Waals surface area (Å²) in [5, 5.41) is 8.69. The summed E-state index contributed by atoms with van der Waals surface area (Å²) in [5.74, 6) is -4.25. The monoisotopic (exact) mass is 226 g/mol. The van der Waals surface area contributed by atoms with Crippen molar-refractivity contribution in [1.29, 1.82) is 5.26 Å². The second-order valence-corrected chi connectivity index (χ2v) is 3.08. The zero-order valence-electron chi connectivity index (χ0n) is 8.52. The molecule has 5 heteroatoms. The maximum absolute atomic E-state index is 13.3. The Morgan fingerprint density at radius 3 is 2.44 bits per heavy atom. The van der Waals surface area contributed by atoms with Gasteiger partial charge in [-0.15, -0.1) is 0 Å². The van der Waals surface area contributed by atoms with Gasteiger partial charge in [0.25, 0.3) is 0 Å². The van der Waals surface area contributed by atoms with Crippen LogP contribution in [0.3, 0.4) is 0 Å². The van der Waals surface area contributed by atoms with E-state index in [2.05, 4.69) is 0 Å². The lowest BCUT2D eigenvalue weighted by atomic mass is 10.1. The topological polar surface area (TPSA) is 49.8 Å². The van der Waals surface area contributed by atoms with Crippen molar-refractivity contribution in [2.45, 2.75) is 13.3 Å². The molecule has 0 heterocycles. The molecular formula is C11H9F3N2. The first-order chi connectivity index (χ1) is 7.52. The van der Waals surface area contributed by atoms with Crippen LogP contribution in [0.5, 0.6) is 0 Å². The van der Waals surface area contributed by atoms with Crippen LogP contribution in [-0.4, -0.2) is 0 Å². The molecule has 16 heavy (non-hydrogen) atoms. The van der Waals surface area contributed by atoms with Crippen molar-refractivity contribution in [1.82, 2.24) is 0 Å². The van der Waals surface area contributed by atoms with Gasteiger partial charge in [-0.05, 0) is 18.6 Å². The Labute approximate surface area is 90.8 Å². The minimum Gasteiger partial charge on any atom is -0.397 e. The highest BCUT2D eigenvalue weighted by Gasteiger charge is 2.16. The molecule has 1 aromatic carbocycles. The molecule has 84 valence electrons. The number of hydrogen-bond acceptors (Lipinski definition) is 2. The molecule has 0 atom stereocenters. The molecule has 0 saturated carbocycles. The predicted molar refractivity (Wildman–Crippen MR) is 53.3 cm³/mol. The van der Waals surface area contributed by atoms with Gasteiger partial charge in [-0.3, -0.25) is 0 Å². The van der Waals surface area contributed by atoms with Crippen molar-refractivity contribution >= 4 is 5.70 Å². The summed E-state index contributed by atoms with van der Waals surface area (Å²) in [6.45, 7) is 1.66. The second kappa shape index (κ2) is 4.71. The van der Waals surface area contributed by atoms with E-state index in [1.54, 1.807) is 13.0 Å². The van der Waals surface area contributed by atoms with E-state index in [-0.39, 0.29) is 16.8 Å². The van der Waals surface area contributed by atoms with Gasteiger partial charge in [0.1, 0.15) is 0 Å². The van der Waals surface area contributed by atoms with E-state index < -0.39 is 17.5 Å². The van der Waals surface area contributed by atoms with Gasteiger partial charge in [0.05, 0.1) is 17.3 Å². The molecule has 0 amide bonds. The van der Waals surface area contributed by atoms with Gasteiger partial charge in [-0.25, -0.2) is 13.2 Å². The largest absolute Gasteiger partial charge is 0.397 e. The molecule has 0 bridgehead atoms. The minimum atomic E-state index is -1.59. The Morgan fingerprint density at radius 2 is 1.94 bits per heavy atom. The van der Waals surface area contributed by atoms with E-state index in [4.69, 9.17) is 11.0 Å². The van der Waals surface area contributed by atoms with Crippen LogP contribution < -0.4 is 5.73 Å². The van der Waals surface area contributed by atoms with E-state index >= 15 is 0 Å². The highest BCUT2D eigenvalue weighted by molar-refractivity contribution is 5.69. The fraction of sp³-hybridized carbons (Fsp3) is 0.182. The lowest BCUT2D eigenvalue weighted by Gasteiger charge is -2.06. The maximum atomic E-state index is 13.3. The summed E-state index contributed by atoms with van der Waals surface area (Å²) in [6.07, 6.45) is 0.292. The van der Waals surface area contributed by atoms with Gasteiger partial charge in [0.2, 0.25) is 0 Å². The zero-order chi connectivity index (χ0) is 12.3. The molecule has 0 unspecified atom stereocenters. The average molecular weight is 226 g/mol. The first kappa shape index (κ1) is 12.1. The summed E-state index contributed by atoms with van der Waals surface area (Å²) >= 11 is 0. The molecule has 0 spiro atoms. The predicted octanol–water partition coefficient (Wildman–Crippen LogP) is 2.71. The van der Waals surface area contributed by atoms with E-state index in [9.17, 15) is 13.2 Å². The number of nitriles is 1. The van der Waals surface area contributed by atoms with Crippen molar-refractivity contribution in [3.8, 4) is 6.07 Å². The van der Waals surface area contributed by atoms with Crippen molar-refractivity contribution in [3.63, 3.8) is 0 Å². The molecule has 0 radical (unpaired) electrons. The third-order valence-electron chi connectivity index (χ3n) is 2.14. The maximum Gasteiger partial charge on any atom is 0.195 e. The summed E-state index contributed by atoms with van der Waals surface area (Å²) in [6, 6.07) is 3.56. The molecule has 0 aliphatic carbocycles. The van der Waals surface area contributed by atoms with Crippen molar-refractivity contribution in [3.05, 3.63) is 40.7 Å². The van der Waals surface area contributed by atoms with Crippen LogP contribution in [0, 0.1) is 28.8 Å². The molecule has 1 aromatic rings. The average Bonchev–Trinajstić information content (AvgIpc) is 2.27. The van der Waals surface area contributed by atoms with Crippen molar-refractivity contribution < 1.29 is 13.2 Å². The van der Waals surface area contributed by atoms with Crippen LogP contribution >= 0.6 is 0 Å². The van der Waals surface area contributed by atoms with Gasteiger partial charge in [0.15, 0.2) is 17.5 Å². The van der Waals surface area contributed by atoms with E-state index in [1.165, 1.54) is 0 Å². The number of benzene rings is 1. The third kappa shape index (κ3) is 2.01. The lowest BCUT2D eigenvalue weighted by molar-refractivity contribution is 0.445. The van der Waals surface area contributed by atoms with Crippen LogP contribution in [0.15, 0.2) is 17.7 Å². The number of rotatable bonds is 2. The van der Waals surface area contributed by atoms with E-state index in [0.29, 0.717) is 6.42 Å². The third-order valence-corrected chi connectivity index (χ3v) is 2.14.